The Balaban J connectivity index is 1.63. The van der Waals surface area contributed by atoms with Gasteiger partial charge in [-0.2, -0.15) is 4.31 Å². The molecule has 2 atom stereocenters. The molecular weight excluding hydrogens is 432 g/mol. The third-order valence-corrected chi connectivity index (χ3v) is 8.81. The highest BCUT2D eigenvalue weighted by molar-refractivity contribution is 7.89. The van der Waals surface area contributed by atoms with Crippen LogP contribution in [0.4, 0.5) is 8.78 Å². The molecule has 0 spiro atoms. The molecule has 0 amide bonds. The average molecular weight is 456 g/mol. The Kier molecular flexibility index (Phi) is 5.46. The summed E-state index contributed by atoms with van der Waals surface area (Å²) in [6, 6.07) is 5.87. The van der Waals surface area contributed by atoms with Crippen molar-refractivity contribution in [1.29, 1.82) is 0 Å². The molecule has 8 heteroatoms. The molecule has 162 valence electrons. The number of rotatable bonds is 4. The molecule has 0 aliphatic carbocycles. The maximum Gasteiger partial charge on any atom is 0.244 e. The normalized spacial score (nSPS) is 26.9. The van der Waals surface area contributed by atoms with Gasteiger partial charge in [-0.05, 0) is 74.4 Å². The van der Waals surface area contributed by atoms with Crippen molar-refractivity contribution in [3.63, 3.8) is 0 Å². The fraction of sp³-hybridized carbons (Fsp3) is 0.455. The zero-order valence-corrected chi connectivity index (χ0v) is 18.4. The van der Waals surface area contributed by atoms with E-state index in [-0.39, 0.29) is 41.8 Å². The van der Waals surface area contributed by atoms with Crippen LogP contribution in [0, 0.1) is 25.5 Å². The molecule has 2 aromatic rings. The Bertz CT molecular complexity index is 1070. The standard InChI is InChI=1S/C22H24ClF2NO3S/c1-13-7-16(23)8-14(2)21(13)30(28,29)26-18-5-6-19(26)12-22(27,11-18)10-15-3-4-17(24)9-20(15)25/h3-4,7-9,18-19,27H,5-6,10-12H2,1-2H3. The molecule has 0 saturated carbocycles. The first-order valence-electron chi connectivity index (χ1n) is 9.97. The quantitative estimate of drug-likeness (QED) is 0.737. The molecule has 2 aliphatic rings. The molecule has 2 saturated heterocycles. The minimum Gasteiger partial charge on any atom is -0.389 e. The van der Waals surface area contributed by atoms with E-state index in [1.807, 2.05) is 0 Å². The number of aryl methyl sites for hydroxylation is 2. The molecule has 2 aliphatic heterocycles. The van der Waals surface area contributed by atoms with Gasteiger partial charge in [-0.15, -0.1) is 0 Å². The fourth-order valence-corrected chi connectivity index (χ4v) is 7.86. The molecule has 2 heterocycles. The van der Waals surface area contributed by atoms with Crippen LogP contribution in [-0.4, -0.2) is 35.5 Å². The van der Waals surface area contributed by atoms with Crippen LogP contribution in [0.15, 0.2) is 35.2 Å². The van der Waals surface area contributed by atoms with Gasteiger partial charge in [0.2, 0.25) is 10.0 Å². The summed E-state index contributed by atoms with van der Waals surface area (Å²) in [6.45, 7) is 3.45. The van der Waals surface area contributed by atoms with Gasteiger partial charge < -0.3 is 5.11 Å². The number of sulfonamides is 1. The molecule has 0 aromatic heterocycles. The van der Waals surface area contributed by atoms with E-state index in [1.165, 1.54) is 16.4 Å². The Morgan fingerprint density at radius 1 is 1.10 bits per heavy atom. The highest BCUT2D eigenvalue weighted by Gasteiger charge is 2.52. The van der Waals surface area contributed by atoms with Gasteiger partial charge in [0.15, 0.2) is 0 Å². The zero-order chi connectivity index (χ0) is 21.8. The maximum absolute atomic E-state index is 14.1. The number of halogens is 3. The van der Waals surface area contributed by atoms with Gasteiger partial charge in [0.05, 0.1) is 10.5 Å². The summed E-state index contributed by atoms with van der Waals surface area (Å²) >= 11 is 6.07. The lowest BCUT2D eigenvalue weighted by Crippen LogP contribution is -2.54. The van der Waals surface area contributed by atoms with E-state index in [0.29, 0.717) is 29.0 Å². The first kappa shape index (κ1) is 21.7. The van der Waals surface area contributed by atoms with Crippen LogP contribution in [0.5, 0.6) is 0 Å². The smallest absolute Gasteiger partial charge is 0.244 e. The number of fused-ring (bicyclic) bond motifs is 2. The first-order valence-corrected chi connectivity index (χ1v) is 11.8. The van der Waals surface area contributed by atoms with Crippen molar-refractivity contribution in [2.75, 3.05) is 0 Å². The molecule has 2 unspecified atom stereocenters. The molecule has 1 N–H and O–H groups in total. The Morgan fingerprint density at radius 3 is 2.20 bits per heavy atom. The van der Waals surface area contributed by atoms with Gasteiger partial charge in [0.25, 0.3) is 0 Å². The van der Waals surface area contributed by atoms with E-state index in [9.17, 15) is 22.3 Å². The number of nitrogens with zero attached hydrogens (tertiary/aromatic N) is 1. The molecule has 2 bridgehead atoms. The summed E-state index contributed by atoms with van der Waals surface area (Å²) < 4.78 is 56.0. The van der Waals surface area contributed by atoms with E-state index in [1.54, 1.807) is 26.0 Å². The minimum atomic E-state index is -3.77. The van der Waals surface area contributed by atoms with Crippen molar-refractivity contribution in [2.45, 2.75) is 68.5 Å². The lowest BCUT2D eigenvalue weighted by molar-refractivity contribution is -0.0290. The van der Waals surface area contributed by atoms with Crippen LogP contribution in [-0.2, 0) is 16.4 Å². The number of aliphatic hydroxyl groups is 1. The van der Waals surface area contributed by atoms with Crippen molar-refractivity contribution in [3.05, 3.63) is 63.7 Å². The van der Waals surface area contributed by atoms with E-state index in [2.05, 4.69) is 0 Å². The van der Waals surface area contributed by atoms with Crippen LogP contribution < -0.4 is 0 Å². The molecule has 4 nitrogen and oxygen atoms in total. The summed E-state index contributed by atoms with van der Waals surface area (Å²) in [4.78, 5) is 0.263. The fourth-order valence-electron chi connectivity index (χ4n) is 5.25. The third kappa shape index (κ3) is 3.77. The monoisotopic (exact) mass is 455 g/mol. The van der Waals surface area contributed by atoms with E-state index in [0.717, 1.165) is 6.07 Å². The first-order chi connectivity index (χ1) is 14.0. The molecule has 30 heavy (non-hydrogen) atoms. The highest BCUT2D eigenvalue weighted by Crippen LogP contribution is 2.46. The van der Waals surface area contributed by atoms with Crippen LogP contribution in [0.3, 0.4) is 0 Å². The molecular formula is C22H24ClF2NO3S. The molecule has 2 fully saturated rings. The maximum atomic E-state index is 14.1. The number of hydrogen-bond donors (Lipinski definition) is 1. The predicted octanol–water partition coefficient (Wildman–Crippen LogP) is 4.52. The van der Waals surface area contributed by atoms with Gasteiger partial charge in [-0.1, -0.05) is 17.7 Å². The topological polar surface area (TPSA) is 57.6 Å². The van der Waals surface area contributed by atoms with Crippen LogP contribution in [0.25, 0.3) is 0 Å². The lowest BCUT2D eigenvalue weighted by atomic mass is 9.82. The number of hydrogen-bond acceptors (Lipinski definition) is 3. The van der Waals surface area contributed by atoms with Crippen LogP contribution in [0.2, 0.25) is 5.02 Å². The predicted molar refractivity (Wildman–Crippen MR) is 111 cm³/mol. The van der Waals surface area contributed by atoms with Crippen molar-refractivity contribution in [2.24, 2.45) is 0 Å². The van der Waals surface area contributed by atoms with Crippen LogP contribution >= 0.6 is 11.6 Å². The van der Waals surface area contributed by atoms with E-state index < -0.39 is 27.3 Å². The minimum absolute atomic E-state index is 0.0268. The second kappa shape index (κ2) is 7.55. The molecule has 0 radical (unpaired) electrons. The van der Waals surface area contributed by atoms with Crippen molar-refractivity contribution >= 4 is 21.6 Å². The SMILES string of the molecule is Cc1cc(Cl)cc(C)c1S(=O)(=O)N1C2CCC1CC(O)(Cc1ccc(F)cc1F)C2. The van der Waals surface area contributed by atoms with Crippen molar-refractivity contribution in [1.82, 2.24) is 4.31 Å². The van der Waals surface area contributed by atoms with E-state index in [4.69, 9.17) is 11.6 Å². The van der Waals surface area contributed by atoms with Gasteiger partial charge in [0, 0.05) is 29.6 Å². The van der Waals surface area contributed by atoms with E-state index >= 15 is 0 Å². The zero-order valence-electron chi connectivity index (χ0n) is 16.8. The van der Waals surface area contributed by atoms with Crippen molar-refractivity contribution in [3.8, 4) is 0 Å². The summed E-state index contributed by atoms with van der Waals surface area (Å²) in [6.07, 6.45) is 1.74. The second-order valence-electron chi connectivity index (χ2n) is 8.63. The third-order valence-electron chi connectivity index (χ3n) is 6.28. The summed E-state index contributed by atoms with van der Waals surface area (Å²) in [7, 11) is -3.77. The second-order valence-corrected chi connectivity index (χ2v) is 10.9. The summed E-state index contributed by atoms with van der Waals surface area (Å²) in [5.74, 6) is -1.36. The molecule has 2 aromatic carbocycles. The summed E-state index contributed by atoms with van der Waals surface area (Å²) in [5, 5.41) is 11.7. The van der Waals surface area contributed by atoms with Gasteiger partial charge >= 0.3 is 0 Å². The van der Waals surface area contributed by atoms with Gasteiger partial charge in [0.1, 0.15) is 11.6 Å². The Hall–Kier alpha value is -1.54. The van der Waals surface area contributed by atoms with Crippen molar-refractivity contribution < 1.29 is 22.3 Å². The van der Waals surface area contributed by atoms with Gasteiger partial charge in [-0.25, -0.2) is 17.2 Å². The summed E-state index contributed by atoms with van der Waals surface area (Å²) in [5.41, 5.74) is 0.182. The largest absolute Gasteiger partial charge is 0.389 e. The number of benzene rings is 2. The average Bonchev–Trinajstić information content (AvgIpc) is 2.90. The Morgan fingerprint density at radius 2 is 1.67 bits per heavy atom. The Labute approximate surface area is 180 Å². The highest BCUT2D eigenvalue weighted by atomic mass is 35.5. The van der Waals surface area contributed by atoms with Crippen LogP contribution in [0.1, 0.15) is 42.4 Å². The molecule has 4 rings (SSSR count). The number of piperidine rings is 1. The lowest BCUT2D eigenvalue weighted by Gasteiger charge is -2.43. The van der Waals surface area contributed by atoms with Gasteiger partial charge in [-0.3, -0.25) is 0 Å².